The highest BCUT2D eigenvalue weighted by atomic mass is 35.5. The number of aromatic hydroxyl groups is 1. The van der Waals surface area contributed by atoms with E-state index in [1.165, 1.54) is 30.5 Å². The smallest absolute Gasteiger partial charge is 0.419 e. The van der Waals surface area contributed by atoms with Crippen LogP contribution in [0, 0.1) is 18.6 Å². The molecule has 2 fully saturated rings. The average molecular weight is 1080 g/mol. The molecule has 0 spiro atoms. The van der Waals surface area contributed by atoms with Gasteiger partial charge in [-0.15, -0.1) is 0 Å². The Morgan fingerprint density at radius 3 is 1.44 bits per heavy atom. The Bertz CT molecular complexity index is 2950. The summed E-state index contributed by atoms with van der Waals surface area (Å²) < 4.78 is 106. The molecule has 0 radical (unpaired) electrons. The molecule has 2 saturated heterocycles. The molecule has 0 aliphatic carbocycles. The lowest BCUT2D eigenvalue weighted by atomic mass is 9.93. The number of aryl methyl sites for hydroxylation is 1. The van der Waals surface area contributed by atoms with Crippen molar-refractivity contribution in [2.45, 2.75) is 56.3 Å². The highest BCUT2D eigenvalue weighted by molar-refractivity contribution is 6.42. The number of pyridine rings is 2. The summed E-state index contributed by atoms with van der Waals surface area (Å²) in [6, 6.07) is 22.0. The lowest BCUT2D eigenvalue weighted by molar-refractivity contribution is -0.140. The number of amides is 2. The Morgan fingerprint density at radius 2 is 1.06 bits per heavy atom. The van der Waals surface area contributed by atoms with Gasteiger partial charge >= 0.3 is 12.4 Å². The van der Waals surface area contributed by atoms with Crippen molar-refractivity contribution in [2.75, 3.05) is 40.3 Å². The van der Waals surface area contributed by atoms with Crippen LogP contribution in [0.4, 0.5) is 35.1 Å². The predicted octanol–water partition coefficient (Wildman–Crippen LogP) is 12.6. The number of benzene rings is 4. The number of hydrogen-bond acceptors (Lipinski definition) is 7. The van der Waals surface area contributed by atoms with Gasteiger partial charge in [0.05, 0.1) is 36.8 Å². The average Bonchev–Trinajstić information content (AvgIpc) is 3.97. The number of nitrogens with zero attached hydrogens (tertiary/aromatic N) is 6. The van der Waals surface area contributed by atoms with Crippen molar-refractivity contribution in [3.63, 3.8) is 0 Å². The van der Waals surface area contributed by atoms with Crippen LogP contribution >= 0.6 is 46.4 Å². The highest BCUT2D eigenvalue weighted by Gasteiger charge is 2.41. The molecule has 0 bridgehead atoms. The second-order valence-electron chi connectivity index (χ2n) is 17.7. The van der Waals surface area contributed by atoms with Gasteiger partial charge in [-0.3, -0.25) is 24.4 Å². The van der Waals surface area contributed by atoms with Gasteiger partial charge in [0.15, 0.2) is 0 Å². The molecule has 21 heteroatoms. The Balaban J connectivity index is 0.000000211. The molecular weight excluding hydrogens is 1040 g/mol. The molecule has 72 heavy (non-hydrogen) atoms. The molecule has 380 valence electrons. The molecule has 6 aromatic rings. The maximum atomic E-state index is 14.2. The summed E-state index contributed by atoms with van der Waals surface area (Å²) in [6.07, 6.45) is -6.67. The number of carbonyl (C=O) groups is 2. The zero-order valence-corrected chi connectivity index (χ0v) is 41.5. The standard InChI is InChI=1S/C26H23Cl2F4N3O.C25H21Cl2F4N3O2/c1-15-9-18(7-8-33-15)25(36)35-13-19(17-4-6-21(27)22(28)11-17)24(14-35)34(2)12-16-3-5-20(23(29)10-16)26(30,31)32;1-33(11-14-2-5-18(21(28)8-14)25(29,30)31)22-13-34(24(36)16-4-7-23(35)32-10-16)12-17(22)15-3-6-19(26)20(27)9-15/h3-11,19,24H,12-14H2,1-2H3;2-10,17,22H,11-13H2,1H3,(H,32,35). The van der Waals surface area contributed by atoms with Gasteiger partial charge in [-0.05, 0) is 110 Å². The third-order valence-electron chi connectivity index (χ3n) is 12.7. The fourth-order valence-electron chi connectivity index (χ4n) is 9.08. The predicted molar refractivity (Wildman–Crippen MR) is 258 cm³/mol. The van der Waals surface area contributed by atoms with Crippen molar-refractivity contribution in [3.05, 3.63) is 191 Å². The fraction of sp³-hybridized carbons (Fsp3) is 0.294. The number of rotatable bonds is 10. The minimum absolute atomic E-state index is 0.151. The molecule has 4 aromatic carbocycles. The van der Waals surface area contributed by atoms with Crippen LogP contribution < -0.4 is 0 Å². The van der Waals surface area contributed by atoms with Crippen LogP contribution in [0.3, 0.4) is 0 Å². The molecule has 0 saturated carbocycles. The topological polar surface area (TPSA) is 93.1 Å². The Kier molecular flexibility index (Phi) is 16.8. The van der Waals surface area contributed by atoms with Gasteiger partial charge in [-0.25, -0.2) is 13.8 Å². The number of halogens is 12. The molecular formula is C51H44Cl4F8N6O3. The summed E-state index contributed by atoms with van der Waals surface area (Å²) in [4.78, 5) is 41.5. The lowest BCUT2D eigenvalue weighted by Gasteiger charge is -2.29. The first-order chi connectivity index (χ1) is 33.9. The van der Waals surface area contributed by atoms with Crippen LogP contribution in [0.25, 0.3) is 0 Å². The summed E-state index contributed by atoms with van der Waals surface area (Å²) in [5, 5.41) is 11.0. The Hall–Kier alpha value is -5.56. The molecule has 4 atom stereocenters. The Labute approximate surface area is 429 Å². The van der Waals surface area contributed by atoms with Crippen molar-refractivity contribution >= 4 is 58.2 Å². The first-order valence-corrected chi connectivity index (χ1v) is 23.6. The van der Waals surface area contributed by atoms with Gasteiger partial charge in [-0.2, -0.15) is 26.3 Å². The zero-order valence-electron chi connectivity index (χ0n) is 38.4. The maximum Gasteiger partial charge on any atom is 0.419 e. The first kappa shape index (κ1) is 54.2. The molecule has 2 aliphatic rings. The van der Waals surface area contributed by atoms with Crippen molar-refractivity contribution in [2.24, 2.45) is 0 Å². The van der Waals surface area contributed by atoms with Crippen molar-refractivity contribution < 1.29 is 49.8 Å². The van der Waals surface area contributed by atoms with Gasteiger partial charge in [-0.1, -0.05) is 70.7 Å². The number of hydrogen-bond donors (Lipinski definition) is 1. The molecule has 2 aromatic heterocycles. The van der Waals surface area contributed by atoms with Crippen molar-refractivity contribution in [1.29, 1.82) is 0 Å². The normalized spacial score (nSPS) is 18.2. The molecule has 8 rings (SSSR count). The Morgan fingerprint density at radius 1 is 0.597 bits per heavy atom. The second kappa shape index (κ2) is 22.3. The highest BCUT2D eigenvalue weighted by Crippen LogP contribution is 2.39. The molecule has 1 N–H and O–H groups in total. The summed E-state index contributed by atoms with van der Waals surface area (Å²) in [5.74, 6) is -3.66. The van der Waals surface area contributed by atoms with E-state index in [0.29, 0.717) is 68.5 Å². The summed E-state index contributed by atoms with van der Waals surface area (Å²) >= 11 is 24.7. The zero-order chi connectivity index (χ0) is 52.4. The summed E-state index contributed by atoms with van der Waals surface area (Å²) in [7, 11) is 3.57. The van der Waals surface area contributed by atoms with E-state index < -0.39 is 35.1 Å². The number of alkyl halides is 6. The number of likely N-dealkylation sites (N-methyl/N-ethyl adjacent to an activating group) is 2. The largest absolute Gasteiger partial charge is 0.493 e. The molecule has 9 nitrogen and oxygen atoms in total. The van der Waals surface area contributed by atoms with Crippen LogP contribution in [0.15, 0.2) is 109 Å². The van der Waals surface area contributed by atoms with Gasteiger partial charge in [0.1, 0.15) is 11.6 Å². The van der Waals surface area contributed by atoms with Gasteiger partial charge in [0.25, 0.3) is 11.8 Å². The van der Waals surface area contributed by atoms with Crippen molar-refractivity contribution in [3.8, 4) is 5.88 Å². The monoisotopic (exact) mass is 1080 g/mol. The third kappa shape index (κ3) is 12.8. The lowest BCUT2D eigenvalue weighted by Crippen LogP contribution is -2.38. The van der Waals surface area contributed by atoms with E-state index in [4.69, 9.17) is 46.4 Å². The van der Waals surface area contributed by atoms with E-state index in [2.05, 4.69) is 9.97 Å². The fourth-order valence-corrected chi connectivity index (χ4v) is 9.69. The SMILES string of the molecule is CN(Cc1ccc(C(F)(F)F)c(F)c1)C1CN(C(=O)c2ccc(O)nc2)CC1c1ccc(Cl)c(Cl)c1.Cc1cc(C(=O)N2CC(c3ccc(Cl)c(Cl)c3)C(N(C)Cc3ccc(C(F)(F)F)c(F)c3)C2)ccn1. The quantitative estimate of drug-likeness (QED) is 0.137. The van der Waals surface area contributed by atoms with Crippen LogP contribution in [0.1, 0.15) is 71.6 Å². The van der Waals surface area contributed by atoms with Crippen LogP contribution in [0.5, 0.6) is 5.88 Å². The molecule has 4 unspecified atom stereocenters. The molecule has 2 aliphatic heterocycles. The van der Waals surface area contributed by atoms with Gasteiger partial charge in [0, 0.05) is 92.9 Å². The second-order valence-corrected chi connectivity index (χ2v) is 19.3. The van der Waals surface area contributed by atoms with Crippen molar-refractivity contribution in [1.82, 2.24) is 29.6 Å². The maximum absolute atomic E-state index is 14.2. The molecule has 2 amide bonds. The number of carbonyl (C=O) groups excluding carboxylic acids is 2. The van der Waals surface area contributed by atoms with E-state index in [9.17, 15) is 49.8 Å². The minimum atomic E-state index is -4.77. The van der Waals surface area contributed by atoms with E-state index >= 15 is 0 Å². The van der Waals surface area contributed by atoms with Gasteiger partial charge < -0.3 is 14.9 Å². The third-order valence-corrected chi connectivity index (χ3v) is 14.2. The van der Waals surface area contributed by atoms with E-state index in [1.54, 1.807) is 73.4 Å². The number of likely N-dealkylation sites (tertiary alicyclic amines) is 2. The van der Waals surface area contributed by atoms with Crippen LogP contribution in [-0.4, -0.2) is 98.8 Å². The van der Waals surface area contributed by atoms with E-state index in [1.807, 2.05) is 21.9 Å². The summed E-state index contributed by atoms with van der Waals surface area (Å²) in [6.45, 7) is 3.53. The summed E-state index contributed by atoms with van der Waals surface area (Å²) in [5.41, 5.74) is 1.39. The first-order valence-electron chi connectivity index (χ1n) is 22.1. The molecule has 4 heterocycles. The number of aromatic nitrogens is 2. The van der Waals surface area contributed by atoms with Crippen LogP contribution in [0.2, 0.25) is 20.1 Å². The van der Waals surface area contributed by atoms with E-state index in [0.717, 1.165) is 41.1 Å². The minimum Gasteiger partial charge on any atom is -0.493 e. The van der Waals surface area contributed by atoms with Gasteiger partial charge in [0.2, 0.25) is 5.88 Å². The van der Waals surface area contributed by atoms with Crippen LogP contribution in [-0.2, 0) is 25.4 Å². The van der Waals surface area contributed by atoms with E-state index in [-0.39, 0.29) is 54.7 Å².